The Bertz CT molecular complexity index is 957. The number of ketones is 1. The van der Waals surface area contributed by atoms with E-state index in [1.165, 1.54) is 32.3 Å². The summed E-state index contributed by atoms with van der Waals surface area (Å²) >= 11 is 11.8. The number of ether oxygens (including phenoxy) is 1. The minimum Gasteiger partial charge on any atom is -0.454 e. The zero-order chi connectivity index (χ0) is 19.5. The Morgan fingerprint density at radius 2 is 1.77 bits per heavy atom. The van der Waals surface area contributed by atoms with Crippen molar-refractivity contribution >= 4 is 45.0 Å². The van der Waals surface area contributed by atoms with Crippen molar-refractivity contribution < 1.29 is 22.7 Å². The van der Waals surface area contributed by atoms with Gasteiger partial charge in [0.15, 0.2) is 12.4 Å². The highest BCUT2D eigenvalue weighted by atomic mass is 35.5. The van der Waals surface area contributed by atoms with Gasteiger partial charge in [-0.05, 0) is 30.3 Å². The number of nitrogens with zero attached hydrogens (tertiary/aromatic N) is 1. The molecule has 0 unspecified atom stereocenters. The van der Waals surface area contributed by atoms with E-state index in [-0.39, 0.29) is 15.5 Å². The summed E-state index contributed by atoms with van der Waals surface area (Å²) in [4.78, 5) is 24.2. The van der Waals surface area contributed by atoms with Crippen LogP contribution in [0, 0.1) is 0 Å². The normalized spacial score (nSPS) is 11.4. The monoisotopic (exact) mass is 415 g/mol. The maximum atomic E-state index is 12.2. The molecule has 0 saturated carbocycles. The number of halogens is 2. The van der Waals surface area contributed by atoms with Crippen molar-refractivity contribution in [3.8, 4) is 0 Å². The summed E-state index contributed by atoms with van der Waals surface area (Å²) in [5.74, 6) is -1.35. The van der Waals surface area contributed by atoms with Gasteiger partial charge in [0.1, 0.15) is 0 Å². The van der Waals surface area contributed by atoms with Crippen LogP contribution < -0.4 is 0 Å². The van der Waals surface area contributed by atoms with E-state index >= 15 is 0 Å². The first-order valence-electron chi connectivity index (χ1n) is 7.31. The van der Waals surface area contributed by atoms with Crippen LogP contribution in [0.25, 0.3) is 0 Å². The molecule has 6 nitrogen and oxygen atoms in total. The second-order valence-corrected chi connectivity index (χ2v) is 8.43. The number of rotatable bonds is 6. The molecule has 138 valence electrons. The Labute approximate surface area is 161 Å². The van der Waals surface area contributed by atoms with Gasteiger partial charge in [-0.15, -0.1) is 0 Å². The summed E-state index contributed by atoms with van der Waals surface area (Å²) in [6.07, 6.45) is 0. The third-order valence-corrected chi connectivity index (χ3v) is 5.79. The first-order chi connectivity index (χ1) is 12.1. The number of sulfonamides is 1. The van der Waals surface area contributed by atoms with Crippen LogP contribution in [0.1, 0.15) is 20.7 Å². The van der Waals surface area contributed by atoms with Crippen molar-refractivity contribution in [1.29, 1.82) is 0 Å². The predicted octanol–water partition coefficient (Wildman–Crippen LogP) is 3.28. The molecular formula is C17H15Cl2NO5S. The number of Topliss-reactive ketones (excluding diaryl/α,β-unsaturated/α-hetero) is 1. The molecule has 0 saturated heterocycles. The van der Waals surface area contributed by atoms with Crippen LogP contribution in [0.2, 0.25) is 10.0 Å². The van der Waals surface area contributed by atoms with Gasteiger partial charge in [0.2, 0.25) is 10.0 Å². The summed E-state index contributed by atoms with van der Waals surface area (Å²) in [5.41, 5.74) is 0.147. The summed E-state index contributed by atoms with van der Waals surface area (Å²) in [5, 5.41) is 0.398. The summed E-state index contributed by atoms with van der Waals surface area (Å²) in [6, 6.07) is 9.89. The molecule has 0 spiro atoms. The van der Waals surface area contributed by atoms with E-state index in [0.717, 1.165) is 10.4 Å². The highest BCUT2D eigenvalue weighted by Crippen LogP contribution is 2.23. The summed E-state index contributed by atoms with van der Waals surface area (Å²) < 4.78 is 30.3. The third kappa shape index (κ3) is 4.62. The summed E-state index contributed by atoms with van der Waals surface area (Å²) in [7, 11) is -1.01. The van der Waals surface area contributed by atoms with Gasteiger partial charge in [-0.1, -0.05) is 35.3 Å². The predicted molar refractivity (Wildman–Crippen MR) is 98.4 cm³/mol. The van der Waals surface area contributed by atoms with E-state index in [2.05, 4.69) is 0 Å². The Balaban J connectivity index is 2.18. The molecule has 0 radical (unpaired) electrons. The van der Waals surface area contributed by atoms with Crippen LogP contribution in [-0.2, 0) is 14.8 Å². The Kier molecular flexibility index (Phi) is 6.41. The van der Waals surface area contributed by atoms with Gasteiger partial charge in [-0.25, -0.2) is 17.5 Å². The summed E-state index contributed by atoms with van der Waals surface area (Å²) in [6.45, 7) is -0.528. The van der Waals surface area contributed by atoms with Crippen LogP contribution in [0.15, 0.2) is 47.4 Å². The fourth-order valence-corrected chi connectivity index (χ4v) is 3.30. The Hall–Kier alpha value is -1.93. The quantitative estimate of drug-likeness (QED) is 0.533. The molecular weight excluding hydrogens is 401 g/mol. The highest BCUT2D eigenvalue weighted by molar-refractivity contribution is 7.89. The van der Waals surface area contributed by atoms with E-state index < -0.39 is 28.4 Å². The lowest BCUT2D eigenvalue weighted by molar-refractivity contribution is 0.0474. The van der Waals surface area contributed by atoms with Gasteiger partial charge in [0.25, 0.3) is 0 Å². The van der Waals surface area contributed by atoms with Crippen LogP contribution in [0.4, 0.5) is 0 Å². The topological polar surface area (TPSA) is 80.8 Å². The molecule has 0 bridgehead atoms. The number of hydrogen-bond donors (Lipinski definition) is 0. The maximum absolute atomic E-state index is 12.2. The lowest BCUT2D eigenvalue weighted by Crippen LogP contribution is -2.22. The molecule has 0 amide bonds. The van der Waals surface area contributed by atoms with Gasteiger partial charge in [-0.3, -0.25) is 4.79 Å². The average Bonchev–Trinajstić information content (AvgIpc) is 2.59. The van der Waals surface area contributed by atoms with Gasteiger partial charge in [-0.2, -0.15) is 0 Å². The molecule has 0 aromatic heterocycles. The van der Waals surface area contributed by atoms with Crippen LogP contribution in [-0.4, -0.2) is 45.2 Å². The Morgan fingerprint density at radius 1 is 1.08 bits per heavy atom. The molecule has 0 aliphatic carbocycles. The zero-order valence-electron chi connectivity index (χ0n) is 13.9. The number of carbonyl (C=O) groups is 2. The lowest BCUT2D eigenvalue weighted by atomic mass is 10.1. The van der Waals surface area contributed by atoms with E-state index in [1.54, 1.807) is 18.2 Å². The number of hydrogen-bond acceptors (Lipinski definition) is 5. The van der Waals surface area contributed by atoms with Gasteiger partial charge < -0.3 is 4.74 Å². The standard InChI is InChI=1S/C17H15Cl2NO5S/c1-20(2)26(23,24)13-6-7-15(19)14(9-13)17(22)25-10-16(21)11-4-3-5-12(18)8-11/h3-9H,10H2,1-2H3. The second kappa shape index (κ2) is 8.18. The molecule has 0 heterocycles. The zero-order valence-corrected chi connectivity index (χ0v) is 16.2. The lowest BCUT2D eigenvalue weighted by Gasteiger charge is -2.13. The van der Waals surface area contributed by atoms with Gasteiger partial charge in [0, 0.05) is 24.7 Å². The van der Waals surface area contributed by atoms with Crippen molar-refractivity contribution in [2.45, 2.75) is 4.90 Å². The molecule has 0 aliphatic rings. The maximum Gasteiger partial charge on any atom is 0.340 e. The number of esters is 1. The van der Waals surface area contributed by atoms with Crippen LogP contribution >= 0.6 is 23.2 Å². The molecule has 0 fully saturated rings. The smallest absolute Gasteiger partial charge is 0.340 e. The molecule has 2 aromatic carbocycles. The van der Waals surface area contributed by atoms with Crippen LogP contribution in [0.5, 0.6) is 0 Å². The molecule has 2 aromatic rings. The van der Waals surface area contributed by atoms with E-state index in [9.17, 15) is 18.0 Å². The average molecular weight is 416 g/mol. The largest absolute Gasteiger partial charge is 0.454 e. The van der Waals surface area contributed by atoms with Crippen molar-refractivity contribution in [1.82, 2.24) is 4.31 Å². The van der Waals surface area contributed by atoms with Gasteiger partial charge >= 0.3 is 5.97 Å². The number of benzene rings is 2. The molecule has 26 heavy (non-hydrogen) atoms. The highest BCUT2D eigenvalue weighted by Gasteiger charge is 2.22. The number of carbonyl (C=O) groups excluding carboxylic acids is 2. The van der Waals surface area contributed by atoms with Crippen molar-refractivity contribution in [3.05, 3.63) is 63.6 Å². The van der Waals surface area contributed by atoms with Crippen LogP contribution in [0.3, 0.4) is 0 Å². The molecule has 2 rings (SSSR count). The fraction of sp³-hybridized carbons (Fsp3) is 0.176. The molecule has 0 aliphatic heterocycles. The van der Waals surface area contributed by atoms with Crippen molar-refractivity contribution in [3.63, 3.8) is 0 Å². The Morgan fingerprint density at radius 3 is 2.38 bits per heavy atom. The minimum absolute atomic E-state index is 0.0166. The SMILES string of the molecule is CN(C)S(=O)(=O)c1ccc(Cl)c(C(=O)OCC(=O)c2cccc(Cl)c2)c1. The molecule has 9 heteroatoms. The molecule has 0 atom stereocenters. The van der Waals surface area contributed by atoms with E-state index in [0.29, 0.717) is 10.6 Å². The first kappa shape index (κ1) is 20.4. The second-order valence-electron chi connectivity index (χ2n) is 5.44. The fourth-order valence-electron chi connectivity index (χ4n) is 1.99. The first-order valence-corrected chi connectivity index (χ1v) is 9.50. The van der Waals surface area contributed by atoms with E-state index in [1.807, 2.05) is 0 Å². The van der Waals surface area contributed by atoms with E-state index in [4.69, 9.17) is 27.9 Å². The van der Waals surface area contributed by atoms with Crippen molar-refractivity contribution in [2.24, 2.45) is 0 Å². The van der Waals surface area contributed by atoms with Gasteiger partial charge in [0.05, 0.1) is 15.5 Å². The molecule has 0 N–H and O–H groups in total. The minimum atomic E-state index is -3.74. The van der Waals surface area contributed by atoms with Crippen molar-refractivity contribution in [2.75, 3.05) is 20.7 Å². The third-order valence-electron chi connectivity index (χ3n) is 3.42.